The van der Waals surface area contributed by atoms with Crippen LogP contribution < -0.4 is 10.4 Å². The third-order valence-corrected chi connectivity index (χ3v) is 5.24. The molecule has 0 aromatic heterocycles. The highest BCUT2D eigenvalue weighted by Crippen LogP contribution is 2.23. The van der Waals surface area contributed by atoms with Crippen molar-refractivity contribution in [2.75, 3.05) is 0 Å². The van der Waals surface area contributed by atoms with Crippen LogP contribution in [0.4, 0.5) is 0 Å². The molecule has 0 spiro atoms. The van der Waals surface area contributed by atoms with Crippen molar-refractivity contribution in [1.29, 1.82) is 0 Å². The number of benzene rings is 2. The molecule has 3 rings (SSSR count). The van der Waals surface area contributed by atoms with Gasteiger partial charge in [-0.2, -0.15) is 12.6 Å². The van der Waals surface area contributed by atoms with Crippen LogP contribution in [0.25, 0.3) is 11.1 Å². The Bertz CT molecular complexity index is 1130. The Hall–Kier alpha value is -2.69. The van der Waals surface area contributed by atoms with Gasteiger partial charge in [-0.05, 0) is 70.5 Å². The highest BCUT2D eigenvalue weighted by molar-refractivity contribution is 7.83. The molecule has 0 bridgehead atoms. The molecule has 0 amide bonds. The van der Waals surface area contributed by atoms with Crippen LogP contribution in [0.1, 0.15) is 31.4 Å². The van der Waals surface area contributed by atoms with Gasteiger partial charge in [0.15, 0.2) is 0 Å². The minimum atomic E-state index is 0.803. The van der Waals surface area contributed by atoms with E-state index in [1.165, 1.54) is 32.7 Å². The van der Waals surface area contributed by atoms with Gasteiger partial charge in [-0.25, -0.2) is 0 Å². The van der Waals surface area contributed by atoms with Crippen molar-refractivity contribution in [3.8, 4) is 11.8 Å². The summed E-state index contributed by atoms with van der Waals surface area (Å²) in [4.78, 5) is 0. The predicted molar refractivity (Wildman–Crippen MR) is 121 cm³/mol. The number of aryl methyl sites for hydroxylation is 1. The Morgan fingerprint density at radius 3 is 2.44 bits per heavy atom. The Balaban J connectivity index is 2.47. The summed E-state index contributed by atoms with van der Waals surface area (Å²) in [5.74, 6) is 6.53. The molecule has 0 nitrogen and oxygen atoms in total. The van der Waals surface area contributed by atoms with E-state index in [9.17, 15) is 0 Å². The van der Waals surface area contributed by atoms with E-state index in [2.05, 4.69) is 112 Å². The molecule has 1 heteroatoms. The fourth-order valence-electron chi connectivity index (χ4n) is 3.36. The van der Waals surface area contributed by atoms with Crippen molar-refractivity contribution in [1.82, 2.24) is 0 Å². The van der Waals surface area contributed by atoms with Gasteiger partial charge in [0.25, 0.3) is 0 Å². The fraction of sp³-hybridized carbons (Fsp3) is 0.154. The zero-order valence-electron chi connectivity index (χ0n) is 16.1. The summed E-state index contributed by atoms with van der Waals surface area (Å²) in [6.45, 7) is 6.44. The van der Waals surface area contributed by atoms with Crippen LogP contribution in [0.2, 0.25) is 0 Å². The molecule has 0 radical (unpaired) electrons. The van der Waals surface area contributed by atoms with E-state index in [1.807, 2.05) is 5.41 Å². The van der Waals surface area contributed by atoms with Crippen LogP contribution in [0.5, 0.6) is 0 Å². The minimum absolute atomic E-state index is 0.803. The SMILES string of the molecule is CC(=C\S)/C(c1ccccc1C)=c1/cccc/c1=C(/C)C1=CC=CCC#C1. The van der Waals surface area contributed by atoms with Gasteiger partial charge >= 0.3 is 0 Å². The van der Waals surface area contributed by atoms with Crippen molar-refractivity contribution in [3.63, 3.8) is 0 Å². The van der Waals surface area contributed by atoms with Gasteiger partial charge in [-0.1, -0.05) is 72.5 Å². The standard InChI is InChI=1S/C26H24S/c1-19-12-8-9-15-23(19)26(20(2)18-27)25-17-11-10-16-24(25)21(3)22-13-6-4-5-7-14-22/h4,6,8-13,15-18,27H,5H2,1-3H3/b20-18+,24-21+,26-25+. The first-order valence-electron chi connectivity index (χ1n) is 9.17. The molecule has 1 aliphatic rings. The van der Waals surface area contributed by atoms with E-state index in [-0.39, 0.29) is 0 Å². The number of rotatable bonds is 3. The highest BCUT2D eigenvalue weighted by atomic mass is 32.1. The second kappa shape index (κ2) is 8.80. The van der Waals surface area contributed by atoms with E-state index in [0.717, 1.165) is 17.6 Å². The van der Waals surface area contributed by atoms with Crippen molar-refractivity contribution >= 4 is 23.8 Å². The highest BCUT2D eigenvalue weighted by Gasteiger charge is 2.10. The normalized spacial score (nSPS) is 16.0. The van der Waals surface area contributed by atoms with Crippen LogP contribution in [0, 0.1) is 18.8 Å². The molecular weight excluding hydrogens is 344 g/mol. The third kappa shape index (κ3) is 4.18. The molecule has 0 atom stereocenters. The van der Waals surface area contributed by atoms with Crippen LogP contribution in [-0.2, 0) is 0 Å². The maximum Gasteiger partial charge on any atom is 0.0280 e. The largest absolute Gasteiger partial charge is 0.151 e. The molecular formula is C26H24S. The van der Waals surface area contributed by atoms with Gasteiger partial charge in [0, 0.05) is 12.0 Å². The summed E-state index contributed by atoms with van der Waals surface area (Å²) in [6.07, 6.45) is 7.09. The van der Waals surface area contributed by atoms with Crippen LogP contribution in [0.3, 0.4) is 0 Å². The monoisotopic (exact) mass is 368 g/mol. The molecule has 0 aliphatic heterocycles. The van der Waals surface area contributed by atoms with Crippen molar-refractivity contribution in [2.24, 2.45) is 0 Å². The molecule has 1 aliphatic carbocycles. The zero-order chi connectivity index (χ0) is 19.2. The van der Waals surface area contributed by atoms with Crippen LogP contribution in [-0.4, -0.2) is 0 Å². The maximum absolute atomic E-state index is 4.46. The van der Waals surface area contributed by atoms with E-state index < -0.39 is 0 Å². The summed E-state index contributed by atoms with van der Waals surface area (Å²) in [7, 11) is 0. The van der Waals surface area contributed by atoms with Gasteiger partial charge in [0.1, 0.15) is 0 Å². The number of hydrogen-bond donors (Lipinski definition) is 1. The van der Waals surface area contributed by atoms with Gasteiger partial charge in [0.05, 0.1) is 0 Å². The Morgan fingerprint density at radius 1 is 1.00 bits per heavy atom. The molecule has 0 fully saturated rings. The molecule has 0 heterocycles. The molecule has 2 aromatic rings. The minimum Gasteiger partial charge on any atom is -0.151 e. The molecule has 0 saturated carbocycles. The number of hydrogen-bond acceptors (Lipinski definition) is 1. The number of allylic oxidation sites excluding steroid dienone is 5. The lowest BCUT2D eigenvalue weighted by atomic mass is 9.92. The first-order valence-corrected chi connectivity index (χ1v) is 9.69. The van der Waals surface area contributed by atoms with E-state index >= 15 is 0 Å². The average Bonchev–Trinajstić information content (AvgIpc) is 2.99. The van der Waals surface area contributed by atoms with Gasteiger partial charge in [0.2, 0.25) is 0 Å². The Kier molecular flexibility index (Phi) is 6.22. The predicted octanol–water partition coefficient (Wildman–Crippen LogP) is 5.09. The van der Waals surface area contributed by atoms with Gasteiger partial charge in [-0.15, -0.1) is 0 Å². The second-order valence-electron chi connectivity index (χ2n) is 6.69. The zero-order valence-corrected chi connectivity index (χ0v) is 17.0. The van der Waals surface area contributed by atoms with Crippen LogP contribution in [0.15, 0.2) is 83.3 Å². The second-order valence-corrected chi connectivity index (χ2v) is 6.95. The molecule has 0 unspecified atom stereocenters. The summed E-state index contributed by atoms with van der Waals surface area (Å²) >= 11 is 4.46. The Morgan fingerprint density at radius 2 is 1.70 bits per heavy atom. The number of thiol groups is 1. The van der Waals surface area contributed by atoms with Crippen molar-refractivity contribution in [3.05, 3.63) is 105 Å². The van der Waals surface area contributed by atoms with Crippen molar-refractivity contribution < 1.29 is 0 Å². The van der Waals surface area contributed by atoms with Crippen LogP contribution >= 0.6 is 12.6 Å². The first-order chi connectivity index (χ1) is 13.1. The van der Waals surface area contributed by atoms with E-state index in [4.69, 9.17) is 0 Å². The molecule has 134 valence electrons. The van der Waals surface area contributed by atoms with E-state index in [0.29, 0.717) is 0 Å². The van der Waals surface area contributed by atoms with E-state index in [1.54, 1.807) is 0 Å². The lowest BCUT2D eigenvalue weighted by molar-refractivity contribution is 1.35. The van der Waals surface area contributed by atoms with Gasteiger partial charge in [-0.3, -0.25) is 0 Å². The summed E-state index contributed by atoms with van der Waals surface area (Å²) < 4.78 is 0. The lowest BCUT2D eigenvalue weighted by Gasteiger charge is -2.13. The topological polar surface area (TPSA) is 0 Å². The smallest absolute Gasteiger partial charge is 0.0280 e. The molecule has 0 N–H and O–H groups in total. The van der Waals surface area contributed by atoms with Crippen molar-refractivity contribution in [2.45, 2.75) is 27.2 Å². The quantitative estimate of drug-likeness (QED) is 0.566. The summed E-state index contributed by atoms with van der Waals surface area (Å²) in [5, 5.41) is 4.31. The first kappa shape index (κ1) is 19.1. The summed E-state index contributed by atoms with van der Waals surface area (Å²) in [6, 6.07) is 17.1. The lowest BCUT2D eigenvalue weighted by Crippen LogP contribution is -2.29. The molecule has 2 aromatic carbocycles. The fourth-order valence-corrected chi connectivity index (χ4v) is 3.49. The maximum atomic E-state index is 4.46. The molecule has 27 heavy (non-hydrogen) atoms. The molecule has 0 saturated heterocycles. The van der Waals surface area contributed by atoms with Gasteiger partial charge < -0.3 is 0 Å². The average molecular weight is 369 g/mol. The Labute approximate surface area is 167 Å². The third-order valence-electron chi connectivity index (χ3n) is 4.85. The summed E-state index contributed by atoms with van der Waals surface area (Å²) in [5.41, 5.74) is 7.13.